The first-order valence-corrected chi connectivity index (χ1v) is 4.96. The minimum atomic E-state index is -0.320. The van der Waals surface area contributed by atoms with Crippen LogP contribution in [0.25, 0.3) is 0 Å². The van der Waals surface area contributed by atoms with E-state index < -0.39 is 0 Å². The monoisotopic (exact) mass is 210 g/mol. The fraction of sp³-hybridized carbons (Fsp3) is 0.556. The van der Waals surface area contributed by atoms with Gasteiger partial charge in [-0.3, -0.25) is 4.79 Å². The number of aromatic nitrogens is 2. The van der Waals surface area contributed by atoms with E-state index in [4.69, 9.17) is 10.5 Å². The average molecular weight is 210 g/mol. The van der Waals surface area contributed by atoms with Crippen molar-refractivity contribution in [2.45, 2.75) is 18.9 Å². The predicted molar refractivity (Wildman–Crippen MR) is 56.7 cm³/mol. The van der Waals surface area contributed by atoms with Crippen molar-refractivity contribution in [3.05, 3.63) is 16.7 Å². The van der Waals surface area contributed by atoms with Crippen LogP contribution in [0.4, 0.5) is 11.5 Å². The van der Waals surface area contributed by atoms with Crippen LogP contribution in [0.3, 0.4) is 0 Å². The zero-order valence-corrected chi connectivity index (χ0v) is 8.32. The molecule has 1 aromatic heterocycles. The van der Waals surface area contributed by atoms with E-state index in [1.54, 1.807) is 0 Å². The molecule has 6 heteroatoms. The molecule has 1 saturated heterocycles. The molecule has 0 aromatic carbocycles. The molecule has 1 aliphatic rings. The number of anilines is 2. The smallest absolute Gasteiger partial charge is 0.276 e. The van der Waals surface area contributed by atoms with Crippen LogP contribution in [0.5, 0.6) is 0 Å². The Hall–Kier alpha value is -1.56. The molecule has 1 fully saturated rings. The summed E-state index contributed by atoms with van der Waals surface area (Å²) in [6, 6.07) is 0. The predicted octanol–water partition coefficient (Wildman–Crippen LogP) is -0.0570. The van der Waals surface area contributed by atoms with E-state index in [0.29, 0.717) is 12.4 Å². The van der Waals surface area contributed by atoms with Gasteiger partial charge in [0.2, 0.25) is 0 Å². The van der Waals surface area contributed by atoms with Crippen LogP contribution in [0, 0.1) is 0 Å². The van der Waals surface area contributed by atoms with Crippen molar-refractivity contribution in [2.75, 3.05) is 24.2 Å². The Balaban J connectivity index is 1.98. The maximum atomic E-state index is 11.1. The highest BCUT2D eigenvalue weighted by Gasteiger charge is 2.15. The summed E-state index contributed by atoms with van der Waals surface area (Å²) in [6.07, 6.45) is 3.66. The second kappa shape index (κ2) is 4.31. The van der Waals surface area contributed by atoms with Gasteiger partial charge in [-0.2, -0.15) is 0 Å². The molecule has 0 amide bonds. The fourth-order valence-electron chi connectivity index (χ4n) is 1.57. The third kappa shape index (κ3) is 2.27. The lowest BCUT2D eigenvalue weighted by molar-refractivity contribution is 0.120. The van der Waals surface area contributed by atoms with Crippen LogP contribution in [0.2, 0.25) is 0 Å². The molecule has 15 heavy (non-hydrogen) atoms. The normalized spacial score (nSPS) is 20.4. The van der Waals surface area contributed by atoms with E-state index >= 15 is 0 Å². The van der Waals surface area contributed by atoms with Gasteiger partial charge in [0, 0.05) is 13.2 Å². The van der Waals surface area contributed by atoms with Gasteiger partial charge >= 0.3 is 0 Å². The van der Waals surface area contributed by atoms with Gasteiger partial charge < -0.3 is 20.8 Å². The number of H-pyrrole nitrogens is 1. The Labute approximate surface area is 86.9 Å². The van der Waals surface area contributed by atoms with Crippen LogP contribution in [-0.4, -0.2) is 29.2 Å². The third-order valence-corrected chi connectivity index (χ3v) is 2.41. The molecule has 4 N–H and O–H groups in total. The summed E-state index contributed by atoms with van der Waals surface area (Å²) in [5.41, 5.74) is 5.36. The zero-order chi connectivity index (χ0) is 10.7. The molecule has 1 aliphatic heterocycles. The number of ether oxygens (including phenoxy) is 1. The number of hydrogen-bond donors (Lipinski definition) is 3. The van der Waals surface area contributed by atoms with Crippen molar-refractivity contribution < 1.29 is 4.74 Å². The molecular formula is C9H14N4O2. The summed E-state index contributed by atoms with van der Waals surface area (Å²) in [7, 11) is 0. The summed E-state index contributed by atoms with van der Waals surface area (Å²) in [5, 5.41) is 3.01. The fourth-order valence-corrected chi connectivity index (χ4v) is 1.57. The topological polar surface area (TPSA) is 93.0 Å². The molecule has 0 spiro atoms. The first-order chi connectivity index (χ1) is 7.27. The number of nitrogens with two attached hydrogens (primary N) is 1. The van der Waals surface area contributed by atoms with Gasteiger partial charge in [0.1, 0.15) is 5.69 Å². The second-order valence-corrected chi connectivity index (χ2v) is 3.51. The first kappa shape index (κ1) is 9.97. The van der Waals surface area contributed by atoms with Crippen molar-refractivity contribution in [1.82, 2.24) is 9.97 Å². The largest absolute Gasteiger partial charge is 0.391 e. The van der Waals surface area contributed by atoms with Gasteiger partial charge in [0.05, 0.1) is 12.4 Å². The molecule has 1 aromatic rings. The van der Waals surface area contributed by atoms with Crippen LogP contribution in [-0.2, 0) is 4.74 Å². The van der Waals surface area contributed by atoms with Crippen LogP contribution in [0.1, 0.15) is 12.8 Å². The Kier molecular flexibility index (Phi) is 2.86. The van der Waals surface area contributed by atoms with Crippen LogP contribution < -0.4 is 16.6 Å². The van der Waals surface area contributed by atoms with Gasteiger partial charge in [-0.05, 0) is 12.8 Å². The lowest BCUT2D eigenvalue weighted by atomic mass is 10.2. The molecule has 82 valence electrons. The lowest BCUT2D eigenvalue weighted by Gasteiger charge is -2.11. The quantitative estimate of drug-likeness (QED) is 0.650. The van der Waals surface area contributed by atoms with Gasteiger partial charge in [0.25, 0.3) is 5.56 Å². The summed E-state index contributed by atoms with van der Waals surface area (Å²) >= 11 is 0. The highest BCUT2D eigenvalue weighted by atomic mass is 16.5. The highest BCUT2D eigenvalue weighted by Crippen LogP contribution is 2.14. The Morgan fingerprint density at radius 1 is 1.73 bits per heavy atom. The number of aromatic amines is 1. The van der Waals surface area contributed by atoms with E-state index in [1.165, 1.54) is 6.33 Å². The Bertz CT molecular complexity index is 384. The van der Waals surface area contributed by atoms with Crippen LogP contribution in [0.15, 0.2) is 11.1 Å². The number of hydrogen-bond acceptors (Lipinski definition) is 5. The minimum Gasteiger partial charge on any atom is -0.391 e. The standard InChI is InChI=1S/C9H14N4O2/c10-7-8(12-5-13-9(7)14)11-4-6-2-1-3-15-6/h5-6H,1-4,10H2,(H2,11,12,13,14). The average Bonchev–Trinajstić information content (AvgIpc) is 2.73. The highest BCUT2D eigenvalue weighted by molar-refractivity contribution is 5.58. The Morgan fingerprint density at radius 2 is 2.60 bits per heavy atom. The van der Waals surface area contributed by atoms with E-state index in [9.17, 15) is 4.79 Å². The van der Waals surface area contributed by atoms with Gasteiger partial charge in [0.15, 0.2) is 5.82 Å². The number of rotatable bonds is 3. The first-order valence-electron chi connectivity index (χ1n) is 4.96. The summed E-state index contributed by atoms with van der Waals surface area (Å²) in [5.74, 6) is 0.425. The van der Waals surface area contributed by atoms with Crippen molar-refractivity contribution in [3.8, 4) is 0 Å². The summed E-state index contributed by atoms with van der Waals surface area (Å²) < 4.78 is 5.43. The number of nitrogen functional groups attached to an aromatic ring is 1. The second-order valence-electron chi connectivity index (χ2n) is 3.51. The number of nitrogens with zero attached hydrogens (tertiary/aromatic N) is 1. The number of nitrogens with one attached hydrogen (secondary N) is 2. The van der Waals surface area contributed by atoms with E-state index in [-0.39, 0.29) is 17.4 Å². The molecule has 1 unspecified atom stereocenters. The van der Waals surface area contributed by atoms with E-state index in [1.807, 2.05) is 0 Å². The lowest BCUT2D eigenvalue weighted by Crippen LogP contribution is -2.22. The SMILES string of the molecule is Nc1c(NCC2CCCO2)nc[nH]c1=O. The maximum absolute atomic E-state index is 11.1. The van der Waals surface area contributed by atoms with Crippen molar-refractivity contribution in [3.63, 3.8) is 0 Å². The van der Waals surface area contributed by atoms with E-state index in [0.717, 1.165) is 19.4 Å². The van der Waals surface area contributed by atoms with Gasteiger partial charge in [-0.25, -0.2) is 4.98 Å². The molecule has 0 bridgehead atoms. The molecule has 6 nitrogen and oxygen atoms in total. The molecule has 2 heterocycles. The van der Waals surface area contributed by atoms with Gasteiger partial charge in [-0.15, -0.1) is 0 Å². The molecule has 0 saturated carbocycles. The third-order valence-electron chi connectivity index (χ3n) is 2.41. The molecule has 0 radical (unpaired) electrons. The molecular weight excluding hydrogens is 196 g/mol. The summed E-state index contributed by atoms with van der Waals surface area (Å²) in [6.45, 7) is 1.45. The molecule has 2 rings (SSSR count). The van der Waals surface area contributed by atoms with Crippen molar-refractivity contribution >= 4 is 11.5 Å². The van der Waals surface area contributed by atoms with Gasteiger partial charge in [-0.1, -0.05) is 0 Å². The molecule has 1 atom stereocenters. The van der Waals surface area contributed by atoms with Crippen LogP contribution >= 0.6 is 0 Å². The Morgan fingerprint density at radius 3 is 3.33 bits per heavy atom. The van der Waals surface area contributed by atoms with Crippen molar-refractivity contribution in [1.29, 1.82) is 0 Å². The molecule has 0 aliphatic carbocycles. The summed E-state index contributed by atoms with van der Waals surface area (Å²) in [4.78, 5) is 17.5. The maximum Gasteiger partial charge on any atom is 0.276 e. The zero-order valence-electron chi connectivity index (χ0n) is 8.32. The minimum absolute atomic E-state index is 0.121. The van der Waals surface area contributed by atoms with E-state index in [2.05, 4.69) is 15.3 Å². The van der Waals surface area contributed by atoms with Crippen molar-refractivity contribution in [2.24, 2.45) is 0 Å².